The maximum absolute atomic E-state index is 12.8. The monoisotopic (exact) mass is 433 g/mol. The molecule has 1 N–H and O–H groups in total. The molecule has 3 aromatic heterocycles. The number of nitrogens with one attached hydrogen (secondary N) is 1. The van der Waals surface area contributed by atoms with E-state index >= 15 is 0 Å². The van der Waals surface area contributed by atoms with Gasteiger partial charge in [-0.05, 0) is 25.0 Å². The lowest BCUT2D eigenvalue weighted by Gasteiger charge is -2.11. The molecule has 1 aliphatic rings. The molecule has 4 heterocycles. The van der Waals surface area contributed by atoms with E-state index in [0.29, 0.717) is 5.69 Å². The van der Waals surface area contributed by atoms with Crippen molar-refractivity contribution in [2.24, 2.45) is 14.1 Å². The van der Waals surface area contributed by atoms with Crippen LogP contribution in [-0.4, -0.2) is 34.1 Å². The summed E-state index contributed by atoms with van der Waals surface area (Å²) in [5.41, 5.74) is 1.76. The van der Waals surface area contributed by atoms with Gasteiger partial charge in [0, 0.05) is 44.5 Å². The van der Waals surface area contributed by atoms with Gasteiger partial charge in [0.2, 0.25) is 5.91 Å². The van der Waals surface area contributed by atoms with Crippen molar-refractivity contribution in [2.45, 2.75) is 32.4 Å². The number of anilines is 1. The Bertz CT molecular complexity index is 1450. The molecule has 0 bridgehead atoms. The number of fused-ring (bicyclic) bond motifs is 2. The molecular weight excluding hydrogens is 410 g/mol. The first-order chi connectivity index (χ1) is 15.4. The maximum Gasteiger partial charge on any atom is 0.332 e. The van der Waals surface area contributed by atoms with Crippen molar-refractivity contribution in [3.63, 3.8) is 0 Å². The topological polar surface area (TPSA) is 109 Å². The van der Waals surface area contributed by atoms with Crippen molar-refractivity contribution in [3.8, 4) is 11.3 Å². The molecule has 0 aliphatic carbocycles. The van der Waals surface area contributed by atoms with E-state index in [2.05, 4.69) is 14.9 Å². The van der Waals surface area contributed by atoms with E-state index in [1.54, 1.807) is 17.7 Å². The maximum atomic E-state index is 12.8. The Morgan fingerprint density at radius 2 is 2.03 bits per heavy atom. The summed E-state index contributed by atoms with van der Waals surface area (Å²) in [5, 5.41) is 2.79. The summed E-state index contributed by atoms with van der Waals surface area (Å²) in [6.07, 6.45) is 6.79. The van der Waals surface area contributed by atoms with Crippen molar-refractivity contribution < 1.29 is 4.79 Å². The third kappa shape index (κ3) is 3.33. The predicted octanol–water partition coefficient (Wildman–Crippen LogP) is 1.27. The Hall–Kier alpha value is -3.95. The minimum Gasteiger partial charge on any atom is -0.334 e. The van der Waals surface area contributed by atoms with E-state index in [4.69, 9.17) is 4.98 Å². The van der Waals surface area contributed by atoms with E-state index in [0.717, 1.165) is 47.5 Å². The Morgan fingerprint density at radius 3 is 2.84 bits per heavy atom. The number of nitrogens with zero attached hydrogens (tertiary/aromatic N) is 6. The SMILES string of the molecule is Cn1cnc2c1c(=O)n(CC(=O)Nc1cccc(-c3cn4c(n3)CCCC4)c1)c(=O)n2C. The number of aryl methyl sites for hydroxylation is 4. The third-order valence-electron chi connectivity index (χ3n) is 5.85. The van der Waals surface area contributed by atoms with Gasteiger partial charge in [-0.2, -0.15) is 0 Å². The van der Waals surface area contributed by atoms with E-state index in [1.165, 1.54) is 17.9 Å². The number of hydrogen-bond donors (Lipinski definition) is 1. The van der Waals surface area contributed by atoms with Gasteiger partial charge in [0.15, 0.2) is 11.2 Å². The van der Waals surface area contributed by atoms with Crippen LogP contribution < -0.4 is 16.6 Å². The van der Waals surface area contributed by atoms with Gasteiger partial charge in [-0.25, -0.2) is 19.3 Å². The number of rotatable bonds is 4. The quantitative estimate of drug-likeness (QED) is 0.521. The standard InChI is InChI=1S/C22H23N7O3/c1-26-13-23-20-19(26)21(31)29(22(32)27(20)2)12-18(30)24-15-7-5-6-14(10-15)16-11-28-9-4-3-8-17(28)25-16/h5-7,10-11,13H,3-4,8-9,12H2,1-2H3,(H,24,30). The molecule has 0 saturated carbocycles. The fourth-order valence-electron chi connectivity index (χ4n) is 4.19. The second-order valence-electron chi connectivity index (χ2n) is 8.08. The molecular formula is C22H23N7O3. The van der Waals surface area contributed by atoms with Crippen LogP contribution in [0.25, 0.3) is 22.4 Å². The van der Waals surface area contributed by atoms with Gasteiger partial charge in [0.1, 0.15) is 12.4 Å². The molecule has 1 amide bonds. The summed E-state index contributed by atoms with van der Waals surface area (Å²) in [6.45, 7) is 0.582. The fourth-order valence-corrected chi connectivity index (χ4v) is 4.19. The lowest BCUT2D eigenvalue weighted by molar-refractivity contribution is -0.116. The molecule has 10 nitrogen and oxygen atoms in total. The molecule has 0 radical (unpaired) electrons. The van der Waals surface area contributed by atoms with Crippen molar-refractivity contribution in [1.29, 1.82) is 0 Å². The number of imidazole rings is 2. The largest absolute Gasteiger partial charge is 0.334 e. The minimum atomic E-state index is -0.589. The van der Waals surface area contributed by atoms with Crippen molar-refractivity contribution in [1.82, 2.24) is 28.2 Å². The van der Waals surface area contributed by atoms with Crippen LogP contribution in [0.3, 0.4) is 0 Å². The second kappa shape index (κ2) is 7.63. The summed E-state index contributed by atoms with van der Waals surface area (Å²) in [5.74, 6) is 0.619. The molecule has 0 unspecified atom stereocenters. The summed E-state index contributed by atoms with van der Waals surface area (Å²) in [7, 11) is 3.20. The molecule has 32 heavy (non-hydrogen) atoms. The average Bonchev–Trinajstić information content (AvgIpc) is 3.39. The van der Waals surface area contributed by atoms with Gasteiger partial charge >= 0.3 is 5.69 Å². The van der Waals surface area contributed by atoms with E-state index in [9.17, 15) is 14.4 Å². The zero-order chi connectivity index (χ0) is 22.4. The molecule has 5 rings (SSSR count). The van der Waals surface area contributed by atoms with Crippen molar-refractivity contribution in [3.05, 3.63) is 63.5 Å². The Labute approximate surface area is 182 Å². The van der Waals surface area contributed by atoms with Gasteiger partial charge in [0.05, 0.1) is 12.0 Å². The van der Waals surface area contributed by atoms with Gasteiger partial charge in [-0.3, -0.25) is 14.2 Å². The summed E-state index contributed by atoms with van der Waals surface area (Å²) >= 11 is 0. The first kappa shape index (κ1) is 20.0. The predicted molar refractivity (Wildman–Crippen MR) is 119 cm³/mol. The number of carbonyl (C=O) groups is 1. The highest BCUT2D eigenvalue weighted by Crippen LogP contribution is 2.24. The molecule has 0 spiro atoms. The number of carbonyl (C=O) groups excluding carboxylic acids is 1. The van der Waals surface area contributed by atoms with Gasteiger partial charge in [0.25, 0.3) is 5.56 Å². The minimum absolute atomic E-state index is 0.269. The molecule has 0 atom stereocenters. The number of amides is 1. The third-order valence-corrected chi connectivity index (χ3v) is 5.85. The molecule has 1 aliphatic heterocycles. The Kier molecular flexibility index (Phi) is 4.76. The van der Waals surface area contributed by atoms with Crippen LogP contribution in [-0.2, 0) is 38.4 Å². The first-order valence-corrected chi connectivity index (χ1v) is 10.5. The Balaban J connectivity index is 1.40. The van der Waals surface area contributed by atoms with Crippen molar-refractivity contribution >= 4 is 22.8 Å². The van der Waals surface area contributed by atoms with Gasteiger partial charge in [-0.15, -0.1) is 0 Å². The highest BCUT2D eigenvalue weighted by Gasteiger charge is 2.18. The lowest BCUT2D eigenvalue weighted by atomic mass is 10.1. The number of hydrogen-bond acceptors (Lipinski definition) is 5. The normalized spacial score (nSPS) is 13.3. The van der Waals surface area contributed by atoms with Crippen LogP contribution in [0.4, 0.5) is 5.69 Å². The zero-order valence-electron chi connectivity index (χ0n) is 17.9. The van der Waals surface area contributed by atoms with Crippen LogP contribution in [0.1, 0.15) is 18.7 Å². The molecule has 10 heteroatoms. The van der Waals surface area contributed by atoms with Crippen LogP contribution in [0, 0.1) is 0 Å². The number of aromatic nitrogens is 6. The Morgan fingerprint density at radius 1 is 1.19 bits per heavy atom. The van der Waals surface area contributed by atoms with Crippen LogP contribution in [0.5, 0.6) is 0 Å². The molecule has 4 aromatic rings. The van der Waals surface area contributed by atoms with Crippen molar-refractivity contribution in [2.75, 3.05) is 5.32 Å². The smallest absolute Gasteiger partial charge is 0.332 e. The summed E-state index contributed by atoms with van der Waals surface area (Å²) < 4.78 is 5.91. The van der Waals surface area contributed by atoms with E-state index in [1.807, 2.05) is 24.4 Å². The van der Waals surface area contributed by atoms with Crippen LogP contribution >= 0.6 is 0 Å². The van der Waals surface area contributed by atoms with Crippen LogP contribution in [0.15, 0.2) is 46.4 Å². The fraction of sp³-hybridized carbons (Fsp3) is 0.318. The first-order valence-electron chi connectivity index (χ1n) is 10.5. The average molecular weight is 433 g/mol. The molecule has 1 aromatic carbocycles. The lowest BCUT2D eigenvalue weighted by Crippen LogP contribution is -2.42. The van der Waals surface area contributed by atoms with Gasteiger partial charge < -0.3 is 14.5 Å². The van der Waals surface area contributed by atoms with E-state index < -0.39 is 23.7 Å². The summed E-state index contributed by atoms with van der Waals surface area (Å²) in [4.78, 5) is 47.0. The highest BCUT2D eigenvalue weighted by molar-refractivity contribution is 5.91. The second-order valence-corrected chi connectivity index (χ2v) is 8.08. The molecule has 164 valence electrons. The number of benzene rings is 1. The zero-order valence-corrected chi connectivity index (χ0v) is 17.9. The molecule has 0 fully saturated rings. The summed E-state index contributed by atoms with van der Waals surface area (Å²) in [6, 6.07) is 7.40. The van der Waals surface area contributed by atoms with Gasteiger partial charge in [-0.1, -0.05) is 12.1 Å². The van der Waals surface area contributed by atoms with E-state index in [-0.39, 0.29) is 11.2 Å². The van der Waals surface area contributed by atoms with Crippen LogP contribution in [0.2, 0.25) is 0 Å². The molecule has 0 saturated heterocycles. The highest BCUT2D eigenvalue weighted by atomic mass is 16.2.